The van der Waals surface area contributed by atoms with Crippen LogP contribution in [-0.2, 0) is 4.74 Å². The number of halogens is 4. The van der Waals surface area contributed by atoms with Gasteiger partial charge >= 0.3 is 6.18 Å². The average Bonchev–Trinajstić information content (AvgIpc) is 2.91. The van der Waals surface area contributed by atoms with Crippen LogP contribution in [0.1, 0.15) is 18.4 Å². The van der Waals surface area contributed by atoms with Crippen LogP contribution in [0.15, 0.2) is 23.2 Å². The highest BCUT2D eigenvalue weighted by molar-refractivity contribution is 8.04. The molecule has 0 aromatic rings. The lowest BCUT2D eigenvalue weighted by Gasteiger charge is -2.41. The van der Waals surface area contributed by atoms with E-state index < -0.39 is 11.1 Å². The summed E-state index contributed by atoms with van der Waals surface area (Å²) in [5, 5.41) is 0.474. The average molecular weight is 473 g/mol. The smallest absolute Gasteiger partial charge is 0.385 e. The van der Waals surface area contributed by atoms with Crippen LogP contribution in [-0.4, -0.2) is 62.5 Å². The first-order valence-electron chi connectivity index (χ1n) is 10.1. The topological polar surface area (TPSA) is 40.6 Å². The molecule has 0 unspecified atom stereocenters. The highest BCUT2D eigenvalue weighted by Gasteiger charge is 2.40. The Morgan fingerprint density at radius 1 is 1.32 bits per heavy atom. The number of aromatic nitrogens is 1. The molecule has 31 heavy (non-hydrogen) atoms. The standard InChI is InChI=1S/C21H24ClF3N4OS/c1-28-7-8-29(12-14(28)4-3-9-30-2)20-16-10-17(21(23,24)25)31-27-18(16)15-6-5-13(22)11-26-19(15)20/h5-6,10-11,14,27H,3-4,7-9,12H2,1-2H3/t14-/m0/s1. The van der Waals surface area contributed by atoms with E-state index in [1.54, 1.807) is 19.4 Å². The van der Waals surface area contributed by atoms with Crippen molar-refractivity contribution < 1.29 is 17.9 Å². The van der Waals surface area contributed by atoms with E-state index in [-0.39, 0.29) is 6.04 Å². The number of fused-ring (bicyclic) bond motifs is 3. The van der Waals surface area contributed by atoms with Gasteiger partial charge in [-0.3, -0.25) is 9.88 Å². The second-order valence-corrected chi connectivity index (χ2v) is 9.09. The number of likely N-dealkylation sites (N-methyl/N-ethyl adjacent to an activating group) is 1. The second kappa shape index (κ2) is 9.05. The molecule has 0 bridgehead atoms. The molecule has 10 heteroatoms. The zero-order valence-electron chi connectivity index (χ0n) is 17.3. The number of hydrogen-bond acceptors (Lipinski definition) is 6. The van der Waals surface area contributed by atoms with E-state index in [0.717, 1.165) is 30.6 Å². The molecule has 3 aliphatic heterocycles. The second-order valence-electron chi connectivity index (χ2n) is 7.80. The Bertz CT molecular complexity index is 955. The maximum Gasteiger partial charge on any atom is 0.423 e. The summed E-state index contributed by atoms with van der Waals surface area (Å²) in [5.74, 6) is 0. The monoisotopic (exact) mass is 472 g/mol. The molecule has 4 rings (SSSR count). The summed E-state index contributed by atoms with van der Waals surface area (Å²) in [6.07, 6.45) is 0.257. The minimum absolute atomic E-state index is 0.280. The van der Waals surface area contributed by atoms with Crippen molar-refractivity contribution in [2.24, 2.45) is 0 Å². The molecule has 0 amide bonds. The number of nitrogens with one attached hydrogen (secondary N) is 1. The Labute approximate surface area is 189 Å². The Balaban J connectivity index is 1.78. The number of piperazine rings is 1. The highest BCUT2D eigenvalue weighted by atomic mass is 35.5. The maximum absolute atomic E-state index is 13.5. The van der Waals surface area contributed by atoms with Crippen molar-refractivity contribution in [3.63, 3.8) is 0 Å². The quantitative estimate of drug-likeness (QED) is 0.466. The van der Waals surface area contributed by atoms with E-state index in [4.69, 9.17) is 16.3 Å². The molecule has 1 aliphatic carbocycles. The third-order valence-corrected chi connectivity index (χ3v) is 6.90. The van der Waals surface area contributed by atoms with Gasteiger partial charge in [0.25, 0.3) is 0 Å². The molecule has 5 nitrogen and oxygen atoms in total. The molecule has 168 valence electrons. The predicted molar refractivity (Wildman–Crippen MR) is 121 cm³/mol. The van der Waals surface area contributed by atoms with Gasteiger partial charge in [-0.15, -0.1) is 0 Å². The van der Waals surface area contributed by atoms with Crippen molar-refractivity contribution in [3.05, 3.63) is 33.8 Å². The summed E-state index contributed by atoms with van der Waals surface area (Å²) in [6, 6.07) is 3.81. The van der Waals surface area contributed by atoms with Crippen molar-refractivity contribution in [2.45, 2.75) is 25.1 Å². The van der Waals surface area contributed by atoms with Gasteiger partial charge in [0.15, 0.2) is 0 Å². The minimum atomic E-state index is -4.41. The third-order valence-electron chi connectivity index (χ3n) is 5.80. The van der Waals surface area contributed by atoms with Crippen molar-refractivity contribution in [3.8, 4) is 11.3 Å². The Morgan fingerprint density at radius 2 is 2.13 bits per heavy atom. The lowest BCUT2D eigenvalue weighted by Crippen LogP contribution is -2.51. The summed E-state index contributed by atoms with van der Waals surface area (Å²) in [6.45, 7) is 2.92. The molecule has 0 saturated carbocycles. The van der Waals surface area contributed by atoms with Crippen LogP contribution in [0.3, 0.4) is 0 Å². The summed E-state index contributed by atoms with van der Waals surface area (Å²) in [4.78, 5) is 8.37. The molecular weight excluding hydrogens is 449 g/mol. The first kappa shape index (κ1) is 22.5. The first-order chi connectivity index (χ1) is 14.8. The zero-order chi connectivity index (χ0) is 22.2. The number of methoxy groups -OCH3 is 1. The van der Waals surface area contributed by atoms with Crippen molar-refractivity contribution in [1.29, 1.82) is 0 Å². The van der Waals surface area contributed by atoms with Crippen molar-refractivity contribution in [2.75, 3.05) is 50.0 Å². The molecule has 0 spiro atoms. The van der Waals surface area contributed by atoms with Gasteiger partial charge in [0.05, 0.1) is 22.1 Å². The lowest BCUT2D eigenvalue weighted by atomic mass is 10.1. The van der Waals surface area contributed by atoms with Gasteiger partial charge < -0.3 is 14.4 Å². The van der Waals surface area contributed by atoms with Gasteiger partial charge in [0, 0.05) is 56.7 Å². The molecular formula is C21H24ClF3N4OS. The van der Waals surface area contributed by atoms with Crippen LogP contribution < -0.4 is 9.62 Å². The molecule has 0 radical (unpaired) electrons. The van der Waals surface area contributed by atoms with Gasteiger partial charge in [0.1, 0.15) is 4.91 Å². The number of allylic oxidation sites excluding steroid dienone is 1. The van der Waals surface area contributed by atoms with Crippen LogP contribution in [0.4, 0.5) is 24.5 Å². The van der Waals surface area contributed by atoms with Crippen LogP contribution in [0.25, 0.3) is 17.3 Å². The van der Waals surface area contributed by atoms with E-state index in [1.807, 2.05) is 6.07 Å². The van der Waals surface area contributed by atoms with Crippen molar-refractivity contribution >= 4 is 41.0 Å². The van der Waals surface area contributed by atoms with Gasteiger partial charge in [-0.2, -0.15) is 13.2 Å². The fraction of sp³-hybridized carbons (Fsp3) is 0.476. The SMILES string of the molecule is COCCC[C@H]1CN(c2c3ncc(Cl)ccc-3c3c2C=C(C(F)(F)F)SN3)CCN1C. The van der Waals surface area contributed by atoms with Crippen LogP contribution in [0.5, 0.6) is 0 Å². The normalized spacial score (nSPS) is 19.9. The van der Waals surface area contributed by atoms with E-state index in [9.17, 15) is 13.2 Å². The largest absolute Gasteiger partial charge is 0.423 e. The van der Waals surface area contributed by atoms with Gasteiger partial charge in [-0.05, 0) is 50.0 Å². The van der Waals surface area contributed by atoms with Crippen LogP contribution in [0.2, 0.25) is 5.02 Å². The Morgan fingerprint density at radius 3 is 2.87 bits per heavy atom. The predicted octanol–water partition coefficient (Wildman–Crippen LogP) is 5.36. The summed E-state index contributed by atoms with van der Waals surface area (Å²) in [5.41, 5.74) is 3.34. The summed E-state index contributed by atoms with van der Waals surface area (Å²) >= 11 is 6.74. The minimum Gasteiger partial charge on any atom is -0.385 e. The summed E-state index contributed by atoms with van der Waals surface area (Å²) < 4.78 is 48.5. The molecule has 3 heterocycles. The molecule has 1 N–H and O–H groups in total. The maximum atomic E-state index is 13.5. The van der Waals surface area contributed by atoms with Gasteiger partial charge in [-0.1, -0.05) is 11.6 Å². The number of anilines is 2. The van der Waals surface area contributed by atoms with E-state index >= 15 is 0 Å². The molecule has 4 aliphatic rings. The number of hydrogen-bond donors (Lipinski definition) is 1. The number of nitrogens with zero attached hydrogens (tertiary/aromatic N) is 3. The van der Waals surface area contributed by atoms with Crippen molar-refractivity contribution in [1.82, 2.24) is 9.88 Å². The number of ether oxygens (including phenoxy) is 1. The van der Waals surface area contributed by atoms with Crippen LogP contribution in [0, 0.1) is 0 Å². The summed E-state index contributed by atoms with van der Waals surface area (Å²) in [7, 11) is 3.77. The molecule has 1 saturated heterocycles. The molecule has 1 fully saturated rings. The fourth-order valence-corrected chi connectivity index (χ4v) is 5.00. The zero-order valence-corrected chi connectivity index (χ0v) is 18.9. The first-order valence-corrected chi connectivity index (χ1v) is 11.3. The lowest BCUT2D eigenvalue weighted by molar-refractivity contribution is -0.0827. The third kappa shape index (κ3) is 4.60. The van der Waals surface area contributed by atoms with E-state index in [2.05, 4.69) is 26.6 Å². The van der Waals surface area contributed by atoms with E-state index in [0.29, 0.717) is 53.6 Å². The van der Waals surface area contributed by atoms with Gasteiger partial charge in [-0.25, -0.2) is 0 Å². The Hall–Kier alpha value is -1.68. The van der Waals surface area contributed by atoms with Crippen LogP contribution >= 0.6 is 23.5 Å². The molecule has 1 atom stereocenters. The number of alkyl halides is 3. The van der Waals surface area contributed by atoms with Gasteiger partial charge in [0.2, 0.25) is 0 Å². The molecule has 0 aromatic heterocycles. The number of rotatable bonds is 5. The van der Waals surface area contributed by atoms with E-state index in [1.165, 1.54) is 6.08 Å². The fourth-order valence-electron chi connectivity index (χ4n) is 4.16. The Kier molecular flexibility index (Phi) is 6.57. The highest BCUT2D eigenvalue weighted by Crippen LogP contribution is 2.52. The molecule has 0 aromatic carbocycles.